The zero-order valence-corrected chi connectivity index (χ0v) is 19.8. The summed E-state index contributed by atoms with van der Waals surface area (Å²) in [6, 6.07) is -0.530. The van der Waals surface area contributed by atoms with Crippen molar-refractivity contribution in [2.45, 2.75) is 96.4 Å². The largest absolute Gasteiger partial charge is 0.481 e. The van der Waals surface area contributed by atoms with Crippen LogP contribution in [0.15, 0.2) is 0 Å². The Morgan fingerprint density at radius 1 is 0.862 bits per heavy atom. The van der Waals surface area contributed by atoms with Gasteiger partial charge in [0, 0.05) is 13.6 Å². The number of likely N-dealkylation sites (N-methyl/N-ethyl adjacent to an activating group) is 1. The first-order valence-electron chi connectivity index (χ1n) is 11.7. The second-order valence-electron chi connectivity index (χ2n) is 9.53. The van der Waals surface area contributed by atoms with Crippen LogP contribution < -0.4 is 5.32 Å². The number of nitrogens with one attached hydrogen (secondary N) is 1. The summed E-state index contributed by atoms with van der Waals surface area (Å²) in [5.74, 6) is -0.882. The molecule has 0 rings (SSSR count). The Labute approximate surface area is 179 Å². The van der Waals surface area contributed by atoms with Crippen molar-refractivity contribution in [3.63, 3.8) is 0 Å². The summed E-state index contributed by atoms with van der Waals surface area (Å²) in [7, 11) is 7.78. The van der Waals surface area contributed by atoms with Crippen molar-refractivity contribution in [2.75, 3.05) is 41.3 Å². The highest BCUT2D eigenvalue weighted by Gasteiger charge is 2.23. The number of carbonyl (C=O) groups excluding carboxylic acids is 1. The molecule has 0 aromatic carbocycles. The van der Waals surface area contributed by atoms with Gasteiger partial charge in [-0.25, -0.2) is 4.79 Å². The van der Waals surface area contributed by atoms with Crippen LogP contribution in [-0.2, 0) is 4.79 Å². The predicted molar refractivity (Wildman–Crippen MR) is 121 cm³/mol. The molecule has 0 aliphatic rings. The van der Waals surface area contributed by atoms with Gasteiger partial charge < -0.3 is 19.8 Å². The number of hydrogen-bond donors (Lipinski definition) is 2. The van der Waals surface area contributed by atoms with Crippen LogP contribution >= 0.6 is 0 Å². The van der Waals surface area contributed by atoms with Crippen molar-refractivity contribution in [2.24, 2.45) is 0 Å². The highest BCUT2D eigenvalue weighted by molar-refractivity contribution is 5.75. The van der Waals surface area contributed by atoms with Crippen LogP contribution in [0.3, 0.4) is 0 Å². The lowest BCUT2D eigenvalue weighted by Crippen LogP contribution is -2.52. The molecule has 0 saturated carbocycles. The number of hydrogen-bond acceptors (Lipinski definition) is 2. The van der Waals surface area contributed by atoms with Crippen LogP contribution in [0.4, 0.5) is 4.79 Å². The Balaban J connectivity index is 3.83. The molecule has 6 heteroatoms. The second-order valence-corrected chi connectivity index (χ2v) is 9.53. The third-order valence-corrected chi connectivity index (χ3v) is 5.21. The molecule has 0 spiro atoms. The van der Waals surface area contributed by atoms with Crippen molar-refractivity contribution < 1.29 is 19.2 Å². The van der Waals surface area contributed by atoms with Crippen molar-refractivity contribution in [1.29, 1.82) is 0 Å². The van der Waals surface area contributed by atoms with Crippen molar-refractivity contribution in [1.82, 2.24) is 10.2 Å². The fourth-order valence-electron chi connectivity index (χ4n) is 3.61. The van der Waals surface area contributed by atoms with E-state index in [-0.39, 0.29) is 18.5 Å². The van der Waals surface area contributed by atoms with E-state index in [0.29, 0.717) is 17.6 Å². The monoisotopic (exact) mass is 414 g/mol. The molecule has 29 heavy (non-hydrogen) atoms. The summed E-state index contributed by atoms with van der Waals surface area (Å²) in [4.78, 5) is 25.1. The number of nitrogens with zero attached hydrogens (tertiary/aromatic N) is 2. The van der Waals surface area contributed by atoms with E-state index in [0.717, 1.165) is 12.8 Å². The van der Waals surface area contributed by atoms with E-state index in [1.165, 1.54) is 64.2 Å². The minimum absolute atomic E-state index is 0.0479. The minimum Gasteiger partial charge on any atom is -0.481 e. The molecule has 2 amide bonds. The zero-order valence-electron chi connectivity index (χ0n) is 19.8. The Hall–Kier alpha value is -1.30. The van der Waals surface area contributed by atoms with Gasteiger partial charge in [0.25, 0.3) is 0 Å². The van der Waals surface area contributed by atoms with E-state index in [4.69, 9.17) is 5.11 Å². The molecule has 172 valence electrons. The minimum atomic E-state index is -0.882. The van der Waals surface area contributed by atoms with Gasteiger partial charge in [0.2, 0.25) is 0 Å². The van der Waals surface area contributed by atoms with Crippen molar-refractivity contribution in [3.8, 4) is 0 Å². The SMILES string of the molecule is CCCCCCCCCCCCCCN(C)C(=O)NC(CC(=O)O)C[N+](C)(C)C. The maximum Gasteiger partial charge on any atom is 0.317 e. The maximum atomic E-state index is 12.4. The Bertz CT molecular complexity index is 436. The quantitative estimate of drug-likeness (QED) is 0.248. The number of carboxylic acid groups (broad SMARTS) is 1. The van der Waals surface area contributed by atoms with Crippen LogP contribution in [0.2, 0.25) is 0 Å². The summed E-state index contributed by atoms with van der Waals surface area (Å²) in [5.41, 5.74) is 0. The lowest BCUT2D eigenvalue weighted by molar-refractivity contribution is -0.871. The number of rotatable bonds is 18. The Morgan fingerprint density at radius 3 is 1.72 bits per heavy atom. The molecule has 0 saturated heterocycles. The summed E-state index contributed by atoms with van der Waals surface area (Å²) >= 11 is 0. The molecular weight excluding hydrogens is 366 g/mol. The molecule has 1 atom stereocenters. The number of urea groups is 1. The average Bonchev–Trinajstić information content (AvgIpc) is 2.60. The van der Waals surface area contributed by atoms with Gasteiger partial charge >= 0.3 is 12.0 Å². The molecule has 0 bridgehead atoms. The van der Waals surface area contributed by atoms with E-state index < -0.39 is 5.97 Å². The van der Waals surface area contributed by atoms with Crippen LogP contribution in [0, 0.1) is 0 Å². The third kappa shape index (κ3) is 18.5. The number of aliphatic carboxylic acids is 1. The lowest BCUT2D eigenvalue weighted by Gasteiger charge is -2.30. The van der Waals surface area contributed by atoms with E-state index in [1.54, 1.807) is 11.9 Å². The topological polar surface area (TPSA) is 69.6 Å². The summed E-state index contributed by atoms with van der Waals surface area (Å²) in [5, 5.41) is 12.0. The van der Waals surface area contributed by atoms with Gasteiger partial charge in [-0.15, -0.1) is 0 Å². The molecule has 6 nitrogen and oxygen atoms in total. The lowest BCUT2D eigenvalue weighted by atomic mass is 10.1. The van der Waals surface area contributed by atoms with Gasteiger partial charge in [-0.1, -0.05) is 77.6 Å². The third-order valence-electron chi connectivity index (χ3n) is 5.21. The van der Waals surface area contributed by atoms with Crippen LogP contribution in [-0.4, -0.2) is 73.8 Å². The number of carbonyl (C=O) groups is 2. The number of amides is 2. The van der Waals surface area contributed by atoms with Crippen LogP contribution in [0.25, 0.3) is 0 Å². The molecule has 0 aliphatic heterocycles. The van der Waals surface area contributed by atoms with E-state index in [9.17, 15) is 9.59 Å². The zero-order chi connectivity index (χ0) is 22.1. The molecule has 0 heterocycles. The summed E-state index contributed by atoms with van der Waals surface area (Å²) in [6.45, 7) is 3.56. The van der Waals surface area contributed by atoms with Gasteiger partial charge in [-0.05, 0) is 6.42 Å². The molecular formula is C23H48N3O3+. The van der Waals surface area contributed by atoms with Gasteiger partial charge in [-0.2, -0.15) is 0 Å². The first-order valence-corrected chi connectivity index (χ1v) is 11.7. The first-order chi connectivity index (χ1) is 13.7. The fourth-order valence-corrected chi connectivity index (χ4v) is 3.61. The van der Waals surface area contributed by atoms with E-state index in [1.807, 2.05) is 21.1 Å². The van der Waals surface area contributed by atoms with Crippen LogP contribution in [0.1, 0.15) is 90.4 Å². The van der Waals surface area contributed by atoms with Gasteiger partial charge in [0.15, 0.2) is 0 Å². The molecule has 0 fully saturated rings. The van der Waals surface area contributed by atoms with E-state index in [2.05, 4.69) is 12.2 Å². The molecule has 0 radical (unpaired) electrons. The molecule has 0 aromatic heterocycles. The second kappa shape index (κ2) is 16.5. The first kappa shape index (κ1) is 27.7. The van der Waals surface area contributed by atoms with Gasteiger partial charge in [0.1, 0.15) is 0 Å². The van der Waals surface area contributed by atoms with E-state index >= 15 is 0 Å². The number of quaternary nitrogens is 1. The normalized spacial score (nSPS) is 12.6. The standard InChI is InChI=1S/C23H47N3O3/c1-6-7-8-9-10-11-12-13-14-15-16-17-18-25(2)23(29)24-21(19-22(27)28)20-26(3,4)5/h21H,6-20H2,1-5H3,(H-,24,27,28,29)/p+1. The summed E-state index contributed by atoms with van der Waals surface area (Å²) < 4.78 is 0.612. The Morgan fingerprint density at radius 2 is 1.31 bits per heavy atom. The Kier molecular flexibility index (Phi) is 15.8. The predicted octanol–water partition coefficient (Wildman–Crippen LogP) is 4.88. The fraction of sp³-hybridized carbons (Fsp3) is 0.913. The van der Waals surface area contributed by atoms with Crippen molar-refractivity contribution in [3.05, 3.63) is 0 Å². The van der Waals surface area contributed by atoms with Crippen LogP contribution in [0.5, 0.6) is 0 Å². The molecule has 2 N–H and O–H groups in total. The molecule has 0 aliphatic carbocycles. The van der Waals surface area contributed by atoms with Gasteiger partial charge in [0.05, 0.1) is 40.2 Å². The maximum absolute atomic E-state index is 12.4. The number of carboxylic acids is 1. The highest BCUT2D eigenvalue weighted by Crippen LogP contribution is 2.12. The van der Waals surface area contributed by atoms with Gasteiger partial charge in [-0.3, -0.25) is 4.79 Å². The number of unbranched alkanes of at least 4 members (excludes halogenated alkanes) is 11. The highest BCUT2D eigenvalue weighted by atomic mass is 16.4. The molecule has 0 aromatic rings. The van der Waals surface area contributed by atoms with Crippen molar-refractivity contribution >= 4 is 12.0 Å². The summed E-state index contributed by atoms with van der Waals surface area (Å²) in [6.07, 6.45) is 15.5. The average molecular weight is 415 g/mol. The molecule has 1 unspecified atom stereocenters. The smallest absolute Gasteiger partial charge is 0.317 e.